The van der Waals surface area contributed by atoms with E-state index < -0.39 is 11.4 Å². The Morgan fingerprint density at radius 2 is 2.07 bits per heavy atom. The highest BCUT2D eigenvalue weighted by molar-refractivity contribution is 5.75. The molecule has 27 heavy (non-hydrogen) atoms. The first kappa shape index (κ1) is 18.7. The van der Waals surface area contributed by atoms with E-state index in [0.717, 1.165) is 45.2 Å². The molecule has 1 heterocycles. The van der Waals surface area contributed by atoms with Crippen LogP contribution in [0.2, 0.25) is 0 Å². The zero-order valence-electron chi connectivity index (χ0n) is 16.9. The number of carbonyl (C=O) groups is 1. The van der Waals surface area contributed by atoms with Crippen LogP contribution in [0.4, 0.5) is 0 Å². The summed E-state index contributed by atoms with van der Waals surface area (Å²) >= 11 is 0. The Labute approximate surface area is 163 Å². The van der Waals surface area contributed by atoms with Gasteiger partial charge in [-0.3, -0.25) is 9.69 Å². The Hall–Kier alpha value is -1.61. The van der Waals surface area contributed by atoms with Gasteiger partial charge in [-0.05, 0) is 61.6 Å². The van der Waals surface area contributed by atoms with Crippen molar-refractivity contribution in [3.8, 4) is 0 Å². The van der Waals surface area contributed by atoms with Crippen molar-refractivity contribution in [3.05, 3.63) is 41.5 Å². The van der Waals surface area contributed by atoms with Crippen LogP contribution in [0.15, 0.2) is 30.3 Å². The molecule has 2 fully saturated rings. The summed E-state index contributed by atoms with van der Waals surface area (Å²) in [4.78, 5) is 14.7. The molecule has 1 aromatic rings. The Bertz CT molecular complexity index is 755. The number of nitrogens with zero attached hydrogens (tertiary/aromatic N) is 1. The first-order chi connectivity index (χ1) is 12.9. The van der Waals surface area contributed by atoms with Crippen molar-refractivity contribution in [2.45, 2.75) is 64.3 Å². The average Bonchev–Trinajstić information content (AvgIpc) is 3.21. The molecule has 146 valence electrons. The summed E-state index contributed by atoms with van der Waals surface area (Å²) in [6.07, 6.45) is 9.39. The fourth-order valence-corrected chi connectivity index (χ4v) is 6.21. The van der Waals surface area contributed by atoms with Gasteiger partial charge in [0.05, 0.1) is 5.41 Å². The molecule has 1 N–H and O–H groups in total. The molecule has 4 rings (SSSR count). The van der Waals surface area contributed by atoms with E-state index >= 15 is 0 Å². The SMILES string of the molecule is CC(C)CC1(C(=O)O)CCC(N2CC[C@@]3(C=Cc4ccccc43)[C@@H](C)C2)C1. The lowest BCUT2D eigenvalue weighted by atomic mass is 9.67. The summed E-state index contributed by atoms with van der Waals surface area (Å²) in [6, 6.07) is 9.25. The molecule has 1 spiro atoms. The van der Waals surface area contributed by atoms with Crippen molar-refractivity contribution < 1.29 is 9.90 Å². The molecule has 1 saturated heterocycles. The van der Waals surface area contributed by atoms with Crippen LogP contribution in [0.5, 0.6) is 0 Å². The second kappa shape index (κ2) is 6.77. The second-order valence-corrected chi connectivity index (χ2v) is 9.69. The maximum absolute atomic E-state index is 12.1. The largest absolute Gasteiger partial charge is 0.481 e. The maximum atomic E-state index is 12.1. The van der Waals surface area contributed by atoms with Crippen molar-refractivity contribution in [2.75, 3.05) is 13.1 Å². The maximum Gasteiger partial charge on any atom is 0.309 e. The number of hydrogen-bond donors (Lipinski definition) is 1. The molecule has 1 aliphatic heterocycles. The number of rotatable bonds is 4. The fraction of sp³-hybridized carbons (Fsp3) is 0.625. The van der Waals surface area contributed by atoms with Crippen LogP contribution in [0.25, 0.3) is 6.08 Å². The van der Waals surface area contributed by atoms with Gasteiger partial charge in [-0.2, -0.15) is 0 Å². The first-order valence-corrected chi connectivity index (χ1v) is 10.6. The Kier molecular flexibility index (Phi) is 4.70. The molecule has 2 unspecified atom stereocenters. The highest BCUT2D eigenvalue weighted by Crippen LogP contribution is 2.50. The summed E-state index contributed by atoms with van der Waals surface area (Å²) in [5.41, 5.74) is 2.54. The van der Waals surface area contributed by atoms with E-state index in [2.05, 4.69) is 62.1 Å². The van der Waals surface area contributed by atoms with Gasteiger partial charge in [0.1, 0.15) is 0 Å². The van der Waals surface area contributed by atoms with Crippen molar-refractivity contribution in [2.24, 2.45) is 17.3 Å². The molecule has 1 aromatic carbocycles. The summed E-state index contributed by atoms with van der Waals surface area (Å²) in [7, 11) is 0. The highest BCUT2D eigenvalue weighted by Gasteiger charge is 2.50. The molecular weight excluding hydrogens is 334 g/mol. The zero-order valence-corrected chi connectivity index (χ0v) is 16.9. The number of benzene rings is 1. The molecular formula is C24H33NO2. The molecule has 0 radical (unpaired) electrons. The van der Waals surface area contributed by atoms with E-state index in [0.29, 0.717) is 17.9 Å². The fourth-order valence-electron chi connectivity index (χ4n) is 6.21. The Morgan fingerprint density at radius 1 is 1.30 bits per heavy atom. The third-order valence-corrected chi connectivity index (χ3v) is 7.57. The minimum absolute atomic E-state index is 0.174. The number of likely N-dealkylation sites (tertiary alicyclic amines) is 1. The highest BCUT2D eigenvalue weighted by atomic mass is 16.4. The zero-order chi connectivity index (χ0) is 19.2. The predicted molar refractivity (Wildman–Crippen MR) is 110 cm³/mol. The van der Waals surface area contributed by atoms with Gasteiger partial charge < -0.3 is 5.11 Å². The van der Waals surface area contributed by atoms with Crippen LogP contribution in [-0.2, 0) is 10.2 Å². The van der Waals surface area contributed by atoms with Crippen LogP contribution >= 0.6 is 0 Å². The Balaban J connectivity index is 1.49. The van der Waals surface area contributed by atoms with E-state index in [9.17, 15) is 9.90 Å². The van der Waals surface area contributed by atoms with Crippen LogP contribution in [-0.4, -0.2) is 35.1 Å². The number of piperidine rings is 1. The van der Waals surface area contributed by atoms with Crippen LogP contribution in [0, 0.1) is 17.3 Å². The topological polar surface area (TPSA) is 40.5 Å². The number of carboxylic acid groups (broad SMARTS) is 1. The van der Waals surface area contributed by atoms with Crippen molar-refractivity contribution in [1.82, 2.24) is 4.90 Å². The van der Waals surface area contributed by atoms with Crippen molar-refractivity contribution >= 4 is 12.0 Å². The molecule has 0 amide bonds. The average molecular weight is 368 g/mol. The Morgan fingerprint density at radius 3 is 2.78 bits per heavy atom. The monoisotopic (exact) mass is 367 g/mol. The van der Waals surface area contributed by atoms with E-state index in [1.165, 1.54) is 11.1 Å². The van der Waals surface area contributed by atoms with Gasteiger partial charge in [0.15, 0.2) is 0 Å². The van der Waals surface area contributed by atoms with Gasteiger partial charge in [0.2, 0.25) is 0 Å². The molecule has 3 heteroatoms. The molecule has 2 aliphatic carbocycles. The van der Waals surface area contributed by atoms with Gasteiger partial charge in [-0.25, -0.2) is 0 Å². The number of fused-ring (bicyclic) bond motifs is 2. The lowest BCUT2D eigenvalue weighted by molar-refractivity contribution is -0.150. The second-order valence-electron chi connectivity index (χ2n) is 9.69. The standard InChI is InChI=1S/C24H33NO2/c1-17(2)14-23(22(26)27)10-9-20(15-23)25-13-12-24(18(3)16-25)11-8-19-6-4-5-7-21(19)24/h4-8,11,17-18,20H,9-10,12-16H2,1-3H3,(H,26,27)/t18-,20?,23?,24-/m0/s1. The van der Waals surface area contributed by atoms with E-state index in [-0.39, 0.29) is 5.41 Å². The van der Waals surface area contributed by atoms with Gasteiger partial charge in [0.25, 0.3) is 0 Å². The molecule has 3 aliphatic rings. The third kappa shape index (κ3) is 3.04. The molecule has 0 bridgehead atoms. The minimum atomic E-state index is -0.576. The van der Waals surface area contributed by atoms with E-state index in [4.69, 9.17) is 0 Å². The van der Waals surface area contributed by atoms with Crippen LogP contribution in [0.1, 0.15) is 64.0 Å². The minimum Gasteiger partial charge on any atom is -0.481 e. The third-order valence-electron chi connectivity index (χ3n) is 7.57. The molecule has 3 nitrogen and oxygen atoms in total. The lowest BCUT2D eigenvalue weighted by Crippen LogP contribution is -2.50. The van der Waals surface area contributed by atoms with E-state index in [1.54, 1.807) is 0 Å². The van der Waals surface area contributed by atoms with Gasteiger partial charge >= 0.3 is 5.97 Å². The summed E-state index contributed by atoms with van der Waals surface area (Å²) < 4.78 is 0. The van der Waals surface area contributed by atoms with Gasteiger partial charge in [-0.15, -0.1) is 0 Å². The number of carboxylic acids is 1. The molecule has 0 aromatic heterocycles. The van der Waals surface area contributed by atoms with Gasteiger partial charge in [-0.1, -0.05) is 57.2 Å². The lowest BCUT2D eigenvalue weighted by Gasteiger charge is -2.46. The van der Waals surface area contributed by atoms with E-state index in [1.807, 2.05) is 0 Å². The number of allylic oxidation sites excluding steroid dienone is 1. The first-order valence-electron chi connectivity index (χ1n) is 10.6. The van der Waals surface area contributed by atoms with Crippen molar-refractivity contribution in [3.63, 3.8) is 0 Å². The molecule has 4 atom stereocenters. The quantitative estimate of drug-likeness (QED) is 0.817. The summed E-state index contributed by atoms with van der Waals surface area (Å²) in [5, 5.41) is 9.93. The smallest absolute Gasteiger partial charge is 0.309 e. The number of aliphatic carboxylic acids is 1. The summed E-state index contributed by atoms with van der Waals surface area (Å²) in [6.45, 7) is 8.82. The van der Waals surface area contributed by atoms with Crippen LogP contribution in [0.3, 0.4) is 0 Å². The molecule has 1 saturated carbocycles. The van der Waals surface area contributed by atoms with Crippen LogP contribution < -0.4 is 0 Å². The number of hydrogen-bond acceptors (Lipinski definition) is 2. The predicted octanol–water partition coefficient (Wildman–Crippen LogP) is 4.96. The van der Waals surface area contributed by atoms with Gasteiger partial charge in [0, 0.05) is 18.0 Å². The van der Waals surface area contributed by atoms with Crippen molar-refractivity contribution in [1.29, 1.82) is 0 Å². The normalized spacial score (nSPS) is 35.9. The summed E-state index contributed by atoms with van der Waals surface area (Å²) in [5.74, 6) is 0.410.